The van der Waals surface area contributed by atoms with Crippen molar-refractivity contribution in [1.29, 1.82) is 0 Å². The van der Waals surface area contributed by atoms with Gasteiger partial charge in [0.2, 0.25) is 0 Å². The molecule has 0 heterocycles. The fraction of sp³-hybridized carbons (Fsp3) is 0.125. The SMILES string of the molecule is [CH2]c1ccc(C)c(Cl)c1. The molecule has 0 aliphatic heterocycles. The summed E-state index contributed by atoms with van der Waals surface area (Å²) in [6.45, 7) is 5.71. The normalized spacial score (nSPS) is 9.67. The zero-order valence-corrected chi connectivity index (χ0v) is 6.07. The Labute approximate surface area is 60.5 Å². The fourth-order valence-corrected chi connectivity index (χ4v) is 0.840. The molecule has 0 saturated carbocycles. The molecular weight excluding hydrogens is 132 g/mol. The van der Waals surface area contributed by atoms with Gasteiger partial charge in [0.05, 0.1) is 0 Å². The first-order valence-electron chi connectivity index (χ1n) is 2.78. The monoisotopic (exact) mass is 139 g/mol. The lowest BCUT2D eigenvalue weighted by Gasteiger charge is -1.96. The van der Waals surface area contributed by atoms with Crippen LogP contribution in [0.3, 0.4) is 0 Å². The molecule has 1 aromatic rings. The van der Waals surface area contributed by atoms with Crippen LogP contribution in [0.1, 0.15) is 11.1 Å². The molecule has 1 rings (SSSR count). The molecule has 0 aliphatic rings. The third-order valence-corrected chi connectivity index (χ3v) is 1.64. The Morgan fingerprint density at radius 1 is 1.44 bits per heavy atom. The van der Waals surface area contributed by atoms with Gasteiger partial charge in [0.25, 0.3) is 0 Å². The molecule has 0 unspecified atom stereocenters. The van der Waals surface area contributed by atoms with E-state index in [1.165, 1.54) is 0 Å². The summed E-state index contributed by atoms with van der Waals surface area (Å²) >= 11 is 5.77. The van der Waals surface area contributed by atoms with Crippen molar-refractivity contribution in [2.75, 3.05) is 0 Å². The fourth-order valence-electron chi connectivity index (χ4n) is 0.636. The van der Waals surface area contributed by atoms with E-state index in [0.717, 1.165) is 16.1 Å². The molecule has 1 heteroatoms. The lowest BCUT2D eigenvalue weighted by molar-refractivity contribution is 1.45. The molecule has 0 amide bonds. The van der Waals surface area contributed by atoms with E-state index in [4.69, 9.17) is 11.6 Å². The number of rotatable bonds is 0. The molecule has 1 aromatic carbocycles. The molecular formula is C8H8Cl. The van der Waals surface area contributed by atoms with Gasteiger partial charge in [-0.1, -0.05) is 23.7 Å². The summed E-state index contributed by atoms with van der Waals surface area (Å²) in [5.74, 6) is 0. The molecule has 0 aromatic heterocycles. The van der Waals surface area contributed by atoms with E-state index in [-0.39, 0.29) is 0 Å². The van der Waals surface area contributed by atoms with E-state index in [9.17, 15) is 0 Å². The maximum absolute atomic E-state index is 5.77. The van der Waals surface area contributed by atoms with Crippen LogP contribution in [-0.4, -0.2) is 0 Å². The van der Waals surface area contributed by atoms with Crippen molar-refractivity contribution < 1.29 is 0 Å². The quantitative estimate of drug-likeness (QED) is 0.519. The molecule has 47 valence electrons. The maximum Gasteiger partial charge on any atom is 0.0437 e. The number of halogens is 1. The average Bonchev–Trinajstić information content (AvgIpc) is 1.80. The van der Waals surface area contributed by atoms with E-state index in [0.29, 0.717) is 0 Å². The Morgan fingerprint density at radius 3 is 2.56 bits per heavy atom. The van der Waals surface area contributed by atoms with E-state index < -0.39 is 0 Å². The van der Waals surface area contributed by atoms with Crippen molar-refractivity contribution in [3.8, 4) is 0 Å². The zero-order chi connectivity index (χ0) is 6.85. The second kappa shape index (κ2) is 2.40. The number of hydrogen-bond acceptors (Lipinski definition) is 0. The Kier molecular flexibility index (Phi) is 1.77. The summed E-state index contributed by atoms with van der Waals surface area (Å²) in [7, 11) is 0. The van der Waals surface area contributed by atoms with Gasteiger partial charge in [-0.3, -0.25) is 0 Å². The van der Waals surface area contributed by atoms with Crippen LogP contribution in [-0.2, 0) is 0 Å². The molecule has 1 radical (unpaired) electrons. The van der Waals surface area contributed by atoms with Crippen LogP contribution in [0.2, 0.25) is 5.02 Å². The van der Waals surface area contributed by atoms with E-state index >= 15 is 0 Å². The Bertz CT molecular complexity index is 216. The highest BCUT2D eigenvalue weighted by Gasteiger charge is 1.91. The maximum atomic E-state index is 5.77. The highest BCUT2D eigenvalue weighted by molar-refractivity contribution is 6.31. The van der Waals surface area contributed by atoms with E-state index in [1.807, 2.05) is 25.1 Å². The zero-order valence-electron chi connectivity index (χ0n) is 5.32. The van der Waals surface area contributed by atoms with Crippen LogP contribution >= 0.6 is 11.6 Å². The molecule has 0 saturated heterocycles. The lowest BCUT2D eigenvalue weighted by Crippen LogP contribution is -1.75. The van der Waals surface area contributed by atoms with Crippen molar-refractivity contribution in [3.63, 3.8) is 0 Å². The van der Waals surface area contributed by atoms with Crippen molar-refractivity contribution in [1.82, 2.24) is 0 Å². The second-order valence-electron chi connectivity index (χ2n) is 2.08. The van der Waals surface area contributed by atoms with Gasteiger partial charge in [-0.05, 0) is 31.0 Å². The first-order chi connectivity index (χ1) is 4.20. The molecule has 9 heavy (non-hydrogen) atoms. The first kappa shape index (κ1) is 6.63. The van der Waals surface area contributed by atoms with Crippen molar-refractivity contribution in [2.24, 2.45) is 0 Å². The first-order valence-corrected chi connectivity index (χ1v) is 3.16. The van der Waals surface area contributed by atoms with Gasteiger partial charge in [-0.25, -0.2) is 0 Å². The van der Waals surface area contributed by atoms with Crippen LogP contribution in [0.15, 0.2) is 18.2 Å². The van der Waals surface area contributed by atoms with Gasteiger partial charge < -0.3 is 0 Å². The number of hydrogen-bond donors (Lipinski definition) is 0. The predicted octanol–water partition coefficient (Wildman–Crippen LogP) is 2.83. The third-order valence-electron chi connectivity index (χ3n) is 1.24. The van der Waals surface area contributed by atoms with Crippen LogP contribution in [0.25, 0.3) is 0 Å². The highest BCUT2D eigenvalue weighted by Crippen LogP contribution is 2.15. The Hall–Kier alpha value is -0.490. The molecule has 0 aliphatic carbocycles. The second-order valence-corrected chi connectivity index (χ2v) is 2.49. The summed E-state index contributed by atoms with van der Waals surface area (Å²) in [5.41, 5.74) is 2.06. The van der Waals surface area contributed by atoms with Gasteiger partial charge >= 0.3 is 0 Å². The molecule has 0 fully saturated rings. The summed E-state index contributed by atoms with van der Waals surface area (Å²) in [5, 5.41) is 0.794. The Balaban J connectivity index is 3.17. The topological polar surface area (TPSA) is 0 Å². The smallest absolute Gasteiger partial charge is 0.0437 e. The average molecular weight is 140 g/mol. The van der Waals surface area contributed by atoms with Gasteiger partial charge in [0.1, 0.15) is 0 Å². The molecule has 0 atom stereocenters. The standard InChI is InChI=1S/C8H8Cl/c1-6-3-4-7(2)8(9)5-6/h3-5H,1H2,2H3. The number of aryl methyl sites for hydroxylation is 1. The Morgan fingerprint density at radius 2 is 2.11 bits per heavy atom. The van der Waals surface area contributed by atoms with Crippen LogP contribution in [0.4, 0.5) is 0 Å². The van der Waals surface area contributed by atoms with Crippen LogP contribution in [0, 0.1) is 13.8 Å². The molecule has 0 nitrogen and oxygen atoms in total. The van der Waals surface area contributed by atoms with Gasteiger partial charge in [0.15, 0.2) is 0 Å². The minimum Gasteiger partial charge on any atom is -0.0840 e. The van der Waals surface area contributed by atoms with Gasteiger partial charge in [0, 0.05) is 5.02 Å². The predicted molar refractivity (Wildman–Crippen MR) is 40.6 cm³/mol. The minimum atomic E-state index is 0.794. The largest absolute Gasteiger partial charge is 0.0840 e. The van der Waals surface area contributed by atoms with E-state index in [2.05, 4.69) is 6.92 Å². The molecule has 0 spiro atoms. The number of benzene rings is 1. The third kappa shape index (κ3) is 1.46. The summed E-state index contributed by atoms with van der Waals surface area (Å²) < 4.78 is 0. The minimum absolute atomic E-state index is 0.794. The summed E-state index contributed by atoms with van der Waals surface area (Å²) in [6.07, 6.45) is 0. The van der Waals surface area contributed by atoms with Crippen LogP contribution in [0.5, 0.6) is 0 Å². The molecule has 0 bridgehead atoms. The van der Waals surface area contributed by atoms with Crippen molar-refractivity contribution in [2.45, 2.75) is 6.92 Å². The van der Waals surface area contributed by atoms with Crippen molar-refractivity contribution in [3.05, 3.63) is 41.3 Å². The van der Waals surface area contributed by atoms with Crippen molar-refractivity contribution >= 4 is 11.6 Å². The van der Waals surface area contributed by atoms with Gasteiger partial charge in [-0.15, -0.1) is 0 Å². The highest BCUT2D eigenvalue weighted by atomic mass is 35.5. The van der Waals surface area contributed by atoms with E-state index in [1.54, 1.807) is 0 Å². The van der Waals surface area contributed by atoms with Gasteiger partial charge in [-0.2, -0.15) is 0 Å². The summed E-state index contributed by atoms with van der Waals surface area (Å²) in [6, 6.07) is 5.77. The molecule has 0 N–H and O–H groups in total. The summed E-state index contributed by atoms with van der Waals surface area (Å²) in [4.78, 5) is 0. The lowest BCUT2D eigenvalue weighted by atomic mass is 10.2. The van der Waals surface area contributed by atoms with Crippen LogP contribution < -0.4 is 0 Å².